The Labute approximate surface area is 129 Å². The summed E-state index contributed by atoms with van der Waals surface area (Å²) in [6.07, 6.45) is 3.56. The number of aromatic amines is 1. The van der Waals surface area contributed by atoms with Crippen LogP contribution in [0.4, 0.5) is 5.82 Å². The van der Waals surface area contributed by atoms with Gasteiger partial charge in [0, 0.05) is 42.8 Å². The highest BCUT2D eigenvalue weighted by Gasteiger charge is 2.23. The number of hydrogen-bond donors (Lipinski definition) is 2. The third kappa shape index (κ3) is 3.10. The molecule has 116 valence electrons. The van der Waals surface area contributed by atoms with Gasteiger partial charge in [0.1, 0.15) is 0 Å². The third-order valence-corrected chi connectivity index (χ3v) is 4.10. The molecular weight excluding hydrogens is 278 g/mol. The molecule has 6 heteroatoms. The van der Waals surface area contributed by atoms with Crippen LogP contribution in [0.5, 0.6) is 0 Å². The maximum Gasteiger partial charge on any atom is 0.253 e. The molecule has 0 aromatic carbocycles. The zero-order chi connectivity index (χ0) is 15.5. The maximum atomic E-state index is 12.3. The molecule has 0 saturated carbocycles. The minimum absolute atomic E-state index is 0.0281. The van der Waals surface area contributed by atoms with Gasteiger partial charge in [-0.1, -0.05) is 0 Å². The summed E-state index contributed by atoms with van der Waals surface area (Å²) in [5, 5.41) is 10.4. The molecule has 0 atom stereocenters. The smallest absolute Gasteiger partial charge is 0.253 e. The second-order valence-corrected chi connectivity index (χ2v) is 5.78. The first-order valence-corrected chi connectivity index (χ1v) is 7.63. The number of aryl methyl sites for hydroxylation is 2. The Hall–Kier alpha value is -2.37. The Balaban J connectivity index is 1.56. The minimum atomic E-state index is -0.0281. The lowest BCUT2D eigenvalue weighted by Crippen LogP contribution is -2.45. The number of piperidine rings is 1. The van der Waals surface area contributed by atoms with E-state index in [1.807, 2.05) is 19.9 Å². The lowest BCUT2D eigenvalue weighted by molar-refractivity contribution is 0.0930. The van der Waals surface area contributed by atoms with Crippen LogP contribution in [-0.2, 0) is 0 Å². The van der Waals surface area contributed by atoms with Crippen molar-refractivity contribution in [3.63, 3.8) is 0 Å². The number of nitrogens with one attached hydrogen (secondary N) is 2. The zero-order valence-electron chi connectivity index (χ0n) is 13.0. The summed E-state index contributed by atoms with van der Waals surface area (Å²) < 4.78 is 0. The molecule has 6 nitrogen and oxygen atoms in total. The topological polar surface area (TPSA) is 73.9 Å². The van der Waals surface area contributed by atoms with Gasteiger partial charge in [-0.3, -0.25) is 14.9 Å². The summed E-state index contributed by atoms with van der Waals surface area (Å²) in [6, 6.07) is 5.88. The molecule has 1 saturated heterocycles. The highest BCUT2D eigenvalue weighted by Crippen LogP contribution is 2.18. The number of rotatable bonds is 3. The summed E-state index contributed by atoms with van der Waals surface area (Å²) in [7, 11) is 0. The van der Waals surface area contributed by atoms with Crippen molar-refractivity contribution in [2.24, 2.45) is 0 Å². The third-order valence-electron chi connectivity index (χ3n) is 4.10. The van der Waals surface area contributed by atoms with Crippen LogP contribution in [-0.4, -0.2) is 40.2 Å². The van der Waals surface area contributed by atoms with Crippen molar-refractivity contribution in [1.29, 1.82) is 0 Å². The average Bonchev–Trinajstić information content (AvgIpc) is 2.95. The lowest BCUT2D eigenvalue weighted by Gasteiger charge is -2.32. The van der Waals surface area contributed by atoms with Gasteiger partial charge < -0.3 is 10.2 Å². The van der Waals surface area contributed by atoms with Gasteiger partial charge >= 0.3 is 0 Å². The molecule has 1 aliphatic heterocycles. The maximum absolute atomic E-state index is 12.3. The number of anilines is 1. The van der Waals surface area contributed by atoms with E-state index in [-0.39, 0.29) is 11.9 Å². The van der Waals surface area contributed by atoms with E-state index in [0.717, 1.165) is 43.1 Å². The van der Waals surface area contributed by atoms with Crippen molar-refractivity contribution >= 4 is 11.7 Å². The summed E-state index contributed by atoms with van der Waals surface area (Å²) in [4.78, 5) is 18.7. The van der Waals surface area contributed by atoms with Crippen LogP contribution in [0.2, 0.25) is 0 Å². The number of nitrogens with zero attached hydrogens (tertiary/aromatic N) is 3. The van der Waals surface area contributed by atoms with Crippen LogP contribution < -0.4 is 10.2 Å². The zero-order valence-corrected chi connectivity index (χ0v) is 13.0. The first kappa shape index (κ1) is 14.6. The number of amides is 1. The van der Waals surface area contributed by atoms with Crippen LogP contribution >= 0.6 is 0 Å². The Morgan fingerprint density at radius 1 is 1.36 bits per heavy atom. The number of carbonyl (C=O) groups excluding carboxylic acids is 1. The van der Waals surface area contributed by atoms with Crippen molar-refractivity contribution in [3.8, 4) is 0 Å². The van der Waals surface area contributed by atoms with Crippen molar-refractivity contribution in [2.45, 2.75) is 32.7 Å². The van der Waals surface area contributed by atoms with Crippen LogP contribution in [0.1, 0.15) is 34.6 Å². The van der Waals surface area contributed by atoms with E-state index in [1.165, 1.54) is 0 Å². The molecule has 1 amide bonds. The fourth-order valence-corrected chi connectivity index (χ4v) is 2.81. The van der Waals surface area contributed by atoms with E-state index in [0.29, 0.717) is 5.56 Å². The molecule has 1 aliphatic rings. The van der Waals surface area contributed by atoms with Gasteiger partial charge in [-0.2, -0.15) is 5.10 Å². The Morgan fingerprint density at radius 2 is 2.14 bits per heavy atom. The summed E-state index contributed by atoms with van der Waals surface area (Å²) >= 11 is 0. The predicted octanol–water partition coefficient (Wildman–Crippen LogP) is 1.82. The molecular formula is C16H21N5O. The molecule has 0 aliphatic carbocycles. The molecule has 2 N–H and O–H groups in total. The Bertz CT molecular complexity index is 658. The van der Waals surface area contributed by atoms with E-state index in [9.17, 15) is 4.79 Å². The largest absolute Gasteiger partial charge is 0.355 e. The second-order valence-electron chi connectivity index (χ2n) is 5.78. The molecule has 0 radical (unpaired) electrons. The number of hydrogen-bond acceptors (Lipinski definition) is 4. The predicted molar refractivity (Wildman–Crippen MR) is 85.0 cm³/mol. The van der Waals surface area contributed by atoms with Gasteiger partial charge in [0.15, 0.2) is 5.82 Å². The van der Waals surface area contributed by atoms with Crippen molar-refractivity contribution in [3.05, 3.63) is 41.3 Å². The molecule has 0 unspecified atom stereocenters. The fraction of sp³-hybridized carbons (Fsp3) is 0.438. The average molecular weight is 299 g/mol. The van der Waals surface area contributed by atoms with E-state index in [2.05, 4.69) is 31.5 Å². The van der Waals surface area contributed by atoms with Gasteiger partial charge in [0.05, 0.1) is 5.56 Å². The van der Waals surface area contributed by atoms with E-state index in [4.69, 9.17) is 0 Å². The molecule has 2 aromatic rings. The molecule has 3 heterocycles. The van der Waals surface area contributed by atoms with E-state index < -0.39 is 0 Å². The second kappa shape index (κ2) is 6.17. The van der Waals surface area contributed by atoms with E-state index >= 15 is 0 Å². The number of carbonyl (C=O) groups is 1. The first-order chi connectivity index (χ1) is 10.6. The number of aromatic nitrogens is 3. The standard InChI is InChI=1S/C16H21N5O/c1-11-10-15(20-19-11)21-8-5-13(6-9-21)18-16(22)14-4-3-7-17-12(14)2/h3-4,7,10,13H,5-6,8-9H2,1-2H3,(H,18,22)(H,19,20). The highest BCUT2D eigenvalue weighted by molar-refractivity contribution is 5.95. The Morgan fingerprint density at radius 3 is 2.77 bits per heavy atom. The van der Waals surface area contributed by atoms with Crippen molar-refractivity contribution in [1.82, 2.24) is 20.5 Å². The lowest BCUT2D eigenvalue weighted by atomic mass is 10.0. The normalized spacial score (nSPS) is 15.8. The van der Waals surface area contributed by atoms with Gasteiger partial charge in [-0.25, -0.2) is 0 Å². The molecule has 22 heavy (non-hydrogen) atoms. The summed E-state index contributed by atoms with van der Waals surface area (Å²) in [5.41, 5.74) is 2.50. The van der Waals surface area contributed by atoms with Gasteiger partial charge in [0.25, 0.3) is 5.91 Å². The van der Waals surface area contributed by atoms with Crippen LogP contribution in [0, 0.1) is 13.8 Å². The Kier molecular flexibility index (Phi) is 4.09. The first-order valence-electron chi connectivity index (χ1n) is 7.63. The fourth-order valence-electron chi connectivity index (χ4n) is 2.81. The molecule has 2 aromatic heterocycles. The van der Waals surface area contributed by atoms with Crippen LogP contribution in [0.25, 0.3) is 0 Å². The SMILES string of the molecule is Cc1cc(N2CCC(NC(=O)c3cccnc3C)CC2)n[nH]1. The monoisotopic (exact) mass is 299 g/mol. The van der Waals surface area contributed by atoms with Gasteiger partial charge in [-0.15, -0.1) is 0 Å². The summed E-state index contributed by atoms with van der Waals surface area (Å²) in [5.74, 6) is 0.963. The number of pyridine rings is 1. The van der Waals surface area contributed by atoms with Gasteiger partial charge in [0.2, 0.25) is 0 Å². The molecule has 0 bridgehead atoms. The number of H-pyrrole nitrogens is 1. The van der Waals surface area contributed by atoms with E-state index in [1.54, 1.807) is 12.3 Å². The molecule has 0 spiro atoms. The molecule has 3 rings (SSSR count). The van der Waals surface area contributed by atoms with Crippen molar-refractivity contribution in [2.75, 3.05) is 18.0 Å². The van der Waals surface area contributed by atoms with Gasteiger partial charge in [-0.05, 0) is 38.8 Å². The van der Waals surface area contributed by atoms with Crippen LogP contribution in [0.3, 0.4) is 0 Å². The minimum Gasteiger partial charge on any atom is -0.355 e. The summed E-state index contributed by atoms with van der Waals surface area (Å²) in [6.45, 7) is 5.67. The molecule has 1 fully saturated rings. The quantitative estimate of drug-likeness (QED) is 0.906. The van der Waals surface area contributed by atoms with Crippen molar-refractivity contribution < 1.29 is 4.79 Å². The van der Waals surface area contributed by atoms with Crippen LogP contribution in [0.15, 0.2) is 24.4 Å². The highest BCUT2D eigenvalue weighted by atomic mass is 16.1.